The zero-order chi connectivity index (χ0) is 17.6. The Bertz CT molecular complexity index is 619. The Hall–Kier alpha value is -1.36. The Morgan fingerprint density at radius 3 is 2.80 bits per heavy atom. The molecule has 4 atom stereocenters. The topological polar surface area (TPSA) is 49.6 Å². The van der Waals surface area contributed by atoms with E-state index >= 15 is 0 Å². The molecule has 25 heavy (non-hydrogen) atoms. The van der Waals surface area contributed by atoms with Crippen LogP contribution in [-0.2, 0) is 0 Å². The molecule has 0 saturated carbocycles. The second kappa shape index (κ2) is 6.75. The lowest BCUT2D eigenvalue weighted by molar-refractivity contribution is -0.0519. The molecule has 138 valence electrons. The van der Waals surface area contributed by atoms with E-state index in [1.807, 2.05) is 13.8 Å². The van der Waals surface area contributed by atoms with E-state index in [2.05, 4.69) is 21.9 Å². The second-order valence-electron chi connectivity index (χ2n) is 8.41. The minimum Gasteiger partial charge on any atom is -0.361 e. The number of aryl methyl sites for hydroxylation is 2. The van der Waals surface area contributed by atoms with Crippen LogP contribution in [0.4, 0.5) is 0 Å². The van der Waals surface area contributed by atoms with Gasteiger partial charge in [0.2, 0.25) is 0 Å². The normalized spacial score (nSPS) is 32.5. The number of likely N-dealkylation sites (tertiary alicyclic amines) is 1. The summed E-state index contributed by atoms with van der Waals surface area (Å²) in [6.07, 6.45) is 7.93. The molecule has 4 rings (SSSR count). The maximum Gasteiger partial charge on any atom is 0.259 e. The molecule has 5 heteroatoms. The zero-order valence-corrected chi connectivity index (χ0v) is 15.8. The van der Waals surface area contributed by atoms with Gasteiger partial charge in [0.25, 0.3) is 5.91 Å². The molecule has 0 spiro atoms. The summed E-state index contributed by atoms with van der Waals surface area (Å²) in [6, 6.07) is 1.46. The molecule has 0 N–H and O–H groups in total. The highest BCUT2D eigenvalue weighted by atomic mass is 16.5. The molecule has 3 aliphatic rings. The second-order valence-corrected chi connectivity index (χ2v) is 8.41. The molecule has 1 aromatic rings. The Morgan fingerprint density at radius 2 is 2.08 bits per heavy atom. The average molecular weight is 345 g/mol. The molecule has 5 nitrogen and oxygen atoms in total. The molecule has 4 heterocycles. The van der Waals surface area contributed by atoms with Crippen LogP contribution >= 0.6 is 0 Å². The van der Waals surface area contributed by atoms with Crippen molar-refractivity contribution < 1.29 is 9.32 Å². The number of rotatable bonds is 3. The molecule has 2 bridgehead atoms. The van der Waals surface area contributed by atoms with E-state index in [1.165, 1.54) is 45.1 Å². The van der Waals surface area contributed by atoms with Crippen LogP contribution in [0.2, 0.25) is 0 Å². The van der Waals surface area contributed by atoms with Crippen LogP contribution in [0.3, 0.4) is 0 Å². The first-order valence-corrected chi connectivity index (χ1v) is 10.1. The van der Waals surface area contributed by atoms with Crippen molar-refractivity contribution in [3.8, 4) is 0 Å². The molecule has 3 saturated heterocycles. The predicted octanol–water partition coefficient (Wildman–Crippen LogP) is 3.41. The number of hydrogen-bond donors (Lipinski definition) is 0. The number of hydrogen-bond acceptors (Lipinski definition) is 4. The average Bonchev–Trinajstić information content (AvgIpc) is 2.93. The van der Waals surface area contributed by atoms with Crippen LogP contribution in [0.25, 0.3) is 0 Å². The van der Waals surface area contributed by atoms with Gasteiger partial charge in [-0.1, -0.05) is 24.9 Å². The quantitative estimate of drug-likeness (QED) is 0.842. The molecule has 1 amide bonds. The van der Waals surface area contributed by atoms with Gasteiger partial charge in [-0.05, 0) is 51.4 Å². The van der Waals surface area contributed by atoms with Crippen LogP contribution in [0.1, 0.15) is 67.3 Å². The van der Waals surface area contributed by atoms with E-state index in [0.717, 1.165) is 24.8 Å². The Labute approximate surface area is 150 Å². The fourth-order valence-corrected chi connectivity index (χ4v) is 5.67. The fraction of sp³-hybridized carbons (Fsp3) is 0.800. The summed E-state index contributed by atoms with van der Waals surface area (Å²) in [4.78, 5) is 18.0. The third-order valence-electron chi connectivity index (χ3n) is 6.67. The van der Waals surface area contributed by atoms with Crippen LogP contribution < -0.4 is 0 Å². The minimum absolute atomic E-state index is 0.125. The molecule has 0 aliphatic carbocycles. The molecule has 3 aliphatic heterocycles. The Kier molecular flexibility index (Phi) is 4.61. The van der Waals surface area contributed by atoms with Crippen LogP contribution in [0, 0.1) is 25.7 Å². The van der Waals surface area contributed by atoms with Gasteiger partial charge >= 0.3 is 0 Å². The molecule has 0 aromatic carbocycles. The van der Waals surface area contributed by atoms with Crippen molar-refractivity contribution in [1.29, 1.82) is 0 Å². The van der Waals surface area contributed by atoms with Crippen LogP contribution in [0.5, 0.6) is 0 Å². The maximum absolute atomic E-state index is 13.1. The molecule has 3 fully saturated rings. The van der Waals surface area contributed by atoms with Gasteiger partial charge in [0, 0.05) is 31.7 Å². The predicted molar refractivity (Wildman–Crippen MR) is 96.5 cm³/mol. The molecule has 0 unspecified atom stereocenters. The van der Waals surface area contributed by atoms with Gasteiger partial charge in [-0.2, -0.15) is 0 Å². The molecular formula is C20H31N3O2. The minimum atomic E-state index is 0.125. The molecule has 0 radical (unpaired) electrons. The third-order valence-corrected chi connectivity index (χ3v) is 6.67. The Balaban J connectivity index is 1.52. The first-order chi connectivity index (χ1) is 12.1. The van der Waals surface area contributed by atoms with Crippen molar-refractivity contribution in [3.05, 3.63) is 17.0 Å². The number of piperidine rings is 3. The summed E-state index contributed by atoms with van der Waals surface area (Å²) in [7, 11) is 0. The van der Waals surface area contributed by atoms with Gasteiger partial charge in [-0.3, -0.25) is 9.69 Å². The van der Waals surface area contributed by atoms with E-state index in [4.69, 9.17) is 4.52 Å². The number of aromatic nitrogens is 1. The maximum atomic E-state index is 13.1. The first kappa shape index (κ1) is 17.1. The third kappa shape index (κ3) is 3.01. The zero-order valence-electron chi connectivity index (χ0n) is 15.8. The van der Waals surface area contributed by atoms with Crippen molar-refractivity contribution in [2.45, 2.75) is 71.4 Å². The van der Waals surface area contributed by atoms with E-state index in [1.54, 1.807) is 0 Å². The van der Waals surface area contributed by atoms with E-state index in [9.17, 15) is 4.79 Å². The van der Waals surface area contributed by atoms with Crippen molar-refractivity contribution in [2.24, 2.45) is 11.8 Å². The number of carbonyl (C=O) groups is 1. The number of carbonyl (C=O) groups excluding carboxylic acids is 1. The van der Waals surface area contributed by atoms with E-state index in [-0.39, 0.29) is 5.91 Å². The summed E-state index contributed by atoms with van der Waals surface area (Å²) < 4.78 is 5.22. The first-order valence-electron chi connectivity index (χ1n) is 10.1. The van der Waals surface area contributed by atoms with Crippen molar-refractivity contribution in [3.63, 3.8) is 0 Å². The lowest BCUT2D eigenvalue weighted by Gasteiger charge is -2.55. The highest BCUT2D eigenvalue weighted by Gasteiger charge is 2.45. The smallest absolute Gasteiger partial charge is 0.259 e. The van der Waals surface area contributed by atoms with E-state index in [0.29, 0.717) is 29.2 Å². The number of fused-ring (bicyclic) bond motifs is 4. The van der Waals surface area contributed by atoms with Gasteiger partial charge in [0.15, 0.2) is 0 Å². The summed E-state index contributed by atoms with van der Waals surface area (Å²) >= 11 is 0. The molecular weight excluding hydrogens is 314 g/mol. The summed E-state index contributed by atoms with van der Waals surface area (Å²) in [5.74, 6) is 2.04. The monoisotopic (exact) mass is 345 g/mol. The standard InChI is InChI=1S/C20H31N3O2/c1-4-6-17-7-5-8-18-16-9-15(11-23(17)18)10-22(12-16)20(24)19-13(2)21-25-14(19)3/h15-18H,4-12H2,1-3H3/t15-,16+,17-,18-/m0/s1. The van der Waals surface area contributed by atoms with Crippen LogP contribution in [-0.4, -0.2) is 52.6 Å². The highest BCUT2D eigenvalue weighted by molar-refractivity contribution is 5.96. The summed E-state index contributed by atoms with van der Waals surface area (Å²) in [5.41, 5.74) is 1.41. The summed E-state index contributed by atoms with van der Waals surface area (Å²) in [5, 5.41) is 3.97. The lowest BCUT2D eigenvalue weighted by atomic mass is 9.74. The van der Waals surface area contributed by atoms with Crippen molar-refractivity contribution >= 4 is 5.91 Å². The van der Waals surface area contributed by atoms with Crippen LogP contribution in [0.15, 0.2) is 4.52 Å². The largest absolute Gasteiger partial charge is 0.361 e. The van der Waals surface area contributed by atoms with Gasteiger partial charge in [-0.25, -0.2) is 0 Å². The van der Waals surface area contributed by atoms with Crippen molar-refractivity contribution in [1.82, 2.24) is 15.0 Å². The van der Waals surface area contributed by atoms with Gasteiger partial charge in [-0.15, -0.1) is 0 Å². The Morgan fingerprint density at radius 1 is 1.24 bits per heavy atom. The number of amides is 1. The lowest BCUT2D eigenvalue weighted by Crippen LogP contribution is -2.62. The van der Waals surface area contributed by atoms with E-state index < -0.39 is 0 Å². The van der Waals surface area contributed by atoms with Gasteiger partial charge < -0.3 is 9.42 Å². The van der Waals surface area contributed by atoms with Crippen molar-refractivity contribution in [2.75, 3.05) is 19.6 Å². The van der Waals surface area contributed by atoms with Gasteiger partial charge in [0.1, 0.15) is 11.3 Å². The number of nitrogens with zero attached hydrogens (tertiary/aromatic N) is 3. The fourth-order valence-electron chi connectivity index (χ4n) is 5.67. The summed E-state index contributed by atoms with van der Waals surface area (Å²) in [6.45, 7) is 8.99. The SMILES string of the molecule is CCC[C@H]1CCC[C@H]2[C@@H]3C[C@@H](CN(C(=O)c4c(C)noc4C)C3)CN12. The highest BCUT2D eigenvalue weighted by Crippen LogP contribution is 2.40. The van der Waals surface area contributed by atoms with Gasteiger partial charge in [0.05, 0.1) is 5.69 Å². The molecule has 1 aromatic heterocycles.